The second-order valence-electron chi connectivity index (χ2n) is 6.80. The first-order chi connectivity index (χ1) is 13.0. The first kappa shape index (κ1) is 17.1. The molecule has 5 nitrogen and oxygen atoms in total. The van der Waals surface area contributed by atoms with Gasteiger partial charge in [-0.1, -0.05) is 23.8 Å². The molecule has 27 heavy (non-hydrogen) atoms. The number of fused-ring (bicyclic) bond motifs is 2. The van der Waals surface area contributed by atoms with E-state index in [1.165, 1.54) is 11.1 Å². The number of hydrazine groups is 1. The predicted molar refractivity (Wildman–Crippen MR) is 111 cm³/mol. The minimum Gasteiger partial charge on any atom is -0.497 e. The molecule has 3 aromatic carbocycles. The van der Waals surface area contributed by atoms with E-state index in [1.54, 1.807) is 7.11 Å². The Morgan fingerprint density at radius 2 is 1.63 bits per heavy atom. The molecule has 0 saturated heterocycles. The van der Waals surface area contributed by atoms with Gasteiger partial charge in [0.05, 0.1) is 24.0 Å². The van der Waals surface area contributed by atoms with Crippen LogP contribution in [-0.4, -0.2) is 17.1 Å². The molecule has 0 unspecified atom stereocenters. The van der Waals surface area contributed by atoms with Crippen LogP contribution in [0.5, 0.6) is 5.75 Å². The highest BCUT2D eigenvalue weighted by atomic mass is 16.5. The molecule has 1 heterocycles. The van der Waals surface area contributed by atoms with E-state index in [0.29, 0.717) is 5.95 Å². The molecule has 0 aliphatic heterocycles. The van der Waals surface area contributed by atoms with Crippen molar-refractivity contribution in [2.45, 2.75) is 20.8 Å². The van der Waals surface area contributed by atoms with Gasteiger partial charge in [0.15, 0.2) is 0 Å². The van der Waals surface area contributed by atoms with E-state index in [2.05, 4.69) is 65.0 Å². The second kappa shape index (κ2) is 6.76. The standard InChI is InChI=1S/C22H22N4O/c1-13-5-8-20-18(10-13)15(3)23-22(24-20)26-25-21-11-14(2)9-16-6-7-17(27-4)12-19(16)21/h5-12,25H,1-4H3,(H,23,24,26). The van der Waals surface area contributed by atoms with Gasteiger partial charge < -0.3 is 4.74 Å². The Morgan fingerprint density at radius 3 is 2.44 bits per heavy atom. The molecule has 0 radical (unpaired) electrons. The van der Waals surface area contributed by atoms with Crippen molar-refractivity contribution in [2.75, 3.05) is 18.0 Å². The van der Waals surface area contributed by atoms with E-state index in [9.17, 15) is 0 Å². The summed E-state index contributed by atoms with van der Waals surface area (Å²) in [7, 11) is 1.67. The summed E-state index contributed by atoms with van der Waals surface area (Å²) in [5.74, 6) is 1.36. The Hall–Kier alpha value is -3.34. The highest BCUT2D eigenvalue weighted by Gasteiger charge is 2.07. The second-order valence-corrected chi connectivity index (χ2v) is 6.80. The first-order valence-corrected chi connectivity index (χ1v) is 8.89. The van der Waals surface area contributed by atoms with Crippen molar-refractivity contribution in [1.82, 2.24) is 9.97 Å². The number of ether oxygens (including phenoxy) is 1. The molecule has 1 aromatic heterocycles. The normalized spacial score (nSPS) is 11.0. The Bertz CT molecular complexity index is 1150. The monoisotopic (exact) mass is 358 g/mol. The summed E-state index contributed by atoms with van der Waals surface area (Å²) in [5.41, 5.74) is 11.6. The van der Waals surface area contributed by atoms with Crippen molar-refractivity contribution >= 4 is 33.3 Å². The summed E-state index contributed by atoms with van der Waals surface area (Å²) in [6, 6.07) is 16.5. The van der Waals surface area contributed by atoms with Gasteiger partial charge in [-0.05, 0) is 62.1 Å². The molecule has 0 aliphatic rings. The van der Waals surface area contributed by atoms with Crippen molar-refractivity contribution < 1.29 is 4.74 Å². The summed E-state index contributed by atoms with van der Waals surface area (Å²) in [4.78, 5) is 9.20. The van der Waals surface area contributed by atoms with Crippen LogP contribution in [0, 0.1) is 20.8 Å². The number of methoxy groups -OCH3 is 1. The van der Waals surface area contributed by atoms with Gasteiger partial charge in [-0.15, -0.1) is 0 Å². The first-order valence-electron chi connectivity index (χ1n) is 8.89. The lowest BCUT2D eigenvalue weighted by molar-refractivity contribution is 0.415. The van der Waals surface area contributed by atoms with Gasteiger partial charge in [-0.3, -0.25) is 10.9 Å². The molecule has 0 bridgehead atoms. The number of aromatic nitrogens is 2. The smallest absolute Gasteiger partial charge is 0.242 e. The Kier molecular flexibility index (Phi) is 4.28. The summed E-state index contributed by atoms with van der Waals surface area (Å²) in [6.07, 6.45) is 0. The fourth-order valence-corrected chi connectivity index (χ4v) is 3.29. The molecule has 0 amide bonds. The SMILES string of the molecule is COc1ccc2cc(C)cc(NNc3nc(C)c4cc(C)ccc4n3)c2c1. The van der Waals surface area contributed by atoms with E-state index >= 15 is 0 Å². The summed E-state index contributed by atoms with van der Waals surface area (Å²) >= 11 is 0. The van der Waals surface area contributed by atoms with Crippen LogP contribution in [0.25, 0.3) is 21.7 Å². The van der Waals surface area contributed by atoms with Crippen LogP contribution in [0.2, 0.25) is 0 Å². The lowest BCUT2D eigenvalue weighted by Crippen LogP contribution is -2.12. The maximum Gasteiger partial charge on any atom is 0.242 e. The third-order valence-electron chi connectivity index (χ3n) is 4.66. The molecule has 2 N–H and O–H groups in total. The zero-order valence-corrected chi connectivity index (χ0v) is 15.9. The number of hydrogen-bond donors (Lipinski definition) is 2. The minimum atomic E-state index is 0.543. The molecule has 5 heteroatoms. The van der Waals surface area contributed by atoms with E-state index < -0.39 is 0 Å². The van der Waals surface area contributed by atoms with Gasteiger partial charge in [0, 0.05) is 10.8 Å². The fraction of sp³-hybridized carbons (Fsp3) is 0.182. The third-order valence-corrected chi connectivity index (χ3v) is 4.66. The summed E-state index contributed by atoms with van der Waals surface area (Å²) in [6.45, 7) is 6.15. The zero-order chi connectivity index (χ0) is 19.0. The molecule has 0 saturated carbocycles. The largest absolute Gasteiger partial charge is 0.497 e. The maximum absolute atomic E-state index is 5.37. The average molecular weight is 358 g/mol. The highest BCUT2D eigenvalue weighted by Crippen LogP contribution is 2.29. The summed E-state index contributed by atoms with van der Waals surface area (Å²) in [5, 5.41) is 3.29. The van der Waals surface area contributed by atoms with Crippen LogP contribution in [0.1, 0.15) is 16.8 Å². The number of nitrogens with one attached hydrogen (secondary N) is 2. The van der Waals surface area contributed by atoms with Gasteiger partial charge in [0.1, 0.15) is 5.75 Å². The van der Waals surface area contributed by atoms with E-state index in [0.717, 1.165) is 38.8 Å². The molecule has 4 aromatic rings. The van der Waals surface area contributed by atoms with Crippen LogP contribution < -0.4 is 15.6 Å². The molecular weight excluding hydrogens is 336 g/mol. The number of hydrogen-bond acceptors (Lipinski definition) is 5. The molecular formula is C22H22N4O. The Balaban J connectivity index is 1.69. The van der Waals surface area contributed by atoms with Gasteiger partial charge in [-0.25, -0.2) is 9.97 Å². The van der Waals surface area contributed by atoms with Gasteiger partial charge >= 0.3 is 0 Å². The van der Waals surface area contributed by atoms with Crippen LogP contribution in [0.4, 0.5) is 11.6 Å². The molecule has 0 spiro atoms. The average Bonchev–Trinajstić information content (AvgIpc) is 2.66. The Labute approximate surface area is 158 Å². The van der Waals surface area contributed by atoms with Crippen molar-refractivity contribution in [3.05, 3.63) is 65.4 Å². The van der Waals surface area contributed by atoms with Crippen molar-refractivity contribution in [2.24, 2.45) is 0 Å². The van der Waals surface area contributed by atoms with Crippen molar-refractivity contribution in [3.63, 3.8) is 0 Å². The van der Waals surface area contributed by atoms with Crippen LogP contribution in [-0.2, 0) is 0 Å². The van der Waals surface area contributed by atoms with Crippen molar-refractivity contribution in [1.29, 1.82) is 0 Å². The number of aryl methyl sites for hydroxylation is 3. The molecule has 4 rings (SSSR count). The van der Waals surface area contributed by atoms with Crippen molar-refractivity contribution in [3.8, 4) is 5.75 Å². The molecule has 136 valence electrons. The Morgan fingerprint density at radius 1 is 0.778 bits per heavy atom. The van der Waals surface area contributed by atoms with Crippen LogP contribution >= 0.6 is 0 Å². The van der Waals surface area contributed by atoms with Gasteiger partial charge in [0.25, 0.3) is 0 Å². The van der Waals surface area contributed by atoms with Crippen LogP contribution in [0.15, 0.2) is 48.5 Å². The zero-order valence-electron chi connectivity index (χ0n) is 15.9. The van der Waals surface area contributed by atoms with E-state index in [-0.39, 0.29) is 0 Å². The van der Waals surface area contributed by atoms with Crippen LogP contribution in [0.3, 0.4) is 0 Å². The summed E-state index contributed by atoms with van der Waals surface area (Å²) < 4.78 is 5.37. The molecule has 0 fully saturated rings. The fourth-order valence-electron chi connectivity index (χ4n) is 3.29. The predicted octanol–water partition coefficient (Wildman–Crippen LogP) is 5.16. The maximum atomic E-state index is 5.37. The third kappa shape index (κ3) is 3.36. The number of anilines is 2. The lowest BCUT2D eigenvalue weighted by atomic mass is 10.1. The number of benzene rings is 3. The number of rotatable bonds is 4. The molecule has 0 aliphatic carbocycles. The minimum absolute atomic E-state index is 0.543. The highest BCUT2D eigenvalue weighted by molar-refractivity contribution is 5.96. The molecule has 0 atom stereocenters. The quantitative estimate of drug-likeness (QED) is 0.494. The van der Waals surface area contributed by atoms with Gasteiger partial charge in [-0.2, -0.15) is 0 Å². The van der Waals surface area contributed by atoms with E-state index in [1.807, 2.05) is 25.1 Å². The van der Waals surface area contributed by atoms with E-state index in [4.69, 9.17) is 4.74 Å². The number of nitrogens with zero attached hydrogens (tertiary/aromatic N) is 2. The topological polar surface area (TPSA) is 59.1 Å². The lowest BCUT2D eigenvalue weighted by Gasteiger charge is -2.14. The van der Waals surface area contributed by atoms with Gasteiger partial charge in [0.2, 0.25) is 5.95 Å².